The smallest absolute Gasteiger partial charge is 0.0992 e. The van der Waals surface area contributed by atoms with Crippen LogP contribution < -0.4 is 10.6 Å². The Kier molecular flexibility index (Phi) is 5.00. The minimum Gasteiger partial charge on any atom is -0.365 e. The molecule has 2 aromatic rings. The minimum absolute atomic E-state index is 0.0538. The topological polar surface area (TPSA) is 53.0 Å². The molecule has 2 N–H and O–H groups in total. The number of hydrogen-bond acceptors (Lipinski definition) is 4. The third kappa shape index (κ3) is 3.26. The number of nitrogens with zero attached hydrogens (tertiary/aromatic N) is 2. The van der Waals surface area contributed by atoms with Gasteiger partial charge < -0.3 is 10.6 Å². The fourth-order valence-corrected chi connectivity index (χ4v) is 3.67. The molecule has 2 unspecified atom stereocenters. The number of likely N-dealkylation sites (N-methyl/N-ethyl adjacent to an activating group) is 1. The van der Waals surface area contributed by atoms with Gasteiger partial charge in [-0.05, 0) is 48.6 Å². The van der Waals surface area contributed by atoms with Crippen molar-refractivity contribution >= 4 is 17.0 Å². The minimum atomic E-state index is 0.0538. The van der Waals surface area contributed by atoms with Crippen LogP contribution in [0.2, 0.25) is 0 Å². The third-order valence-electron chi connectivity index (χ3n) is 3.85. The van der Waals surface area contributed by atoms with Crippen LogP contribution in [0.1, 0.15) is 35.4 Å². The van der Waals surface area contributed by atoms with Crippen LogP contribution in [0, 0.1) is 18.3 Å². The van der Waals surface area contributed by atoms with Gasteiger partial charge in [0.05, 0.1) is 17.7 Å². The molecule has 0 spiro atoms. The molecule has 1 heterocycles. The highest BCUT2D eigenvalue weighted by molar-refractivity contribution is 7.10. The van der Waals surface area contributed by atoms with Crippen molar-refractivity contribution in [3.8, 4) is 6.07 Å². The number of nitrogens with two attached hydrogens (primary N) is 1. The average Bonchev–Trinajstić information content (AvgIpc) is 2.93. The van der Waals surface area contributed by atoms with E-state index >= 15 is 0 Å². The Morgan fingerprint density at radius 1 is 1.38 bits per heavy atom. The maximum absolute atomic E-state index is 9.07. The molecule has 0 bridgehead atoms. The standard InChI is InChI=1S/C17H21N3S/c1-4-15(19)16(17-12(2)8-9-21-17)20(3)14-7-5-6-13(10-14)11-18/h5-10,15-16H,4,19H2,1-3H3. The molecule has 0 saturated carbocycles. The number of anilines is 1. The molecule has 0 radical (unpaired) electrons. The molecule has 0 aliphatic heterocycles. The van der Waals surface area contributed by atoms with E-state index in [1.807, 2.05) is 24.3 Å². The summed E-state index contributed by atoms with van der Waals surface area (Å²) in [4.78, 5) is 3.49. The van der Waals surface area contributed by atoms with Gasteiger partial charge in [0.2, 0.25) is 0 Å². The van der Waals surface area contributed by atoms with Crippen LogP contribution in [0.15, 0.2) is 35.7 Å². The van der Waals surface area contributed by atoms with Gasteiger partial charge in [-0.2, -0.15) is 5.26 Å². The number of thiophene rings is 1. The van der Waals surface area contributed by atoms with E-state index in [-0.39, 0.29) is 12.1 Å². The lowest BCUT2D eigenvalue weighted by atomic mass is 10.00. The van der Waals surface area contributed by atoms with Gasteiger partial charge in [0.15, 0.2) is 0 Å². The van der Waals surface area contributed by atoms with Gasteiger partial charge in [-0.15, -0.1) is 11.3 Å². The Morgan fingerprint density at radius 2 is 2.14 bits per heavy atom. The fraction of sp³-hybridized carbons (Fsp3) is 0.353. The van der Waals surface area contributed by atoms with Crippen LogP contribution in [0.5, 0.6) is 0 Å². The fourth-order valence-electron chi connectivity index (χ4n) is 2.52. The summed E-state index contributed by atoms with van der Waals surface area (Å²) in [7, 11) is 2.05. The monoisotopic (exact) mass is 299 g/mol. The Balaban J connectivity index is 2.41. The SMILES string of the molecule is CCC(N)C(c1sccc1C)N(C)c1cccc(C#N)c1. The lowest BCUT2D eigenvalue weighted by molar-refractivity contribution is 0.515. The predicted octanol–water partition coefficient (Wildman–Crippen LogP) is 3.84. The van der Waals surface area contributed by atoms with E-state index in [2.05, 4.69) is 43.3 Å². The summed E-state index contributed by atoms with van der Waals surface area (Å²) in [6.07, 6.45) is 0.907. The van der Waals surface area contributed by atoms with Crippen molar-refractivity contribution in [3.05, 3.63) is 51.7 Å². The van der Waals surface area contributed by atoms with Crippen molar-refractivity contribution < 1.29 is 0 Å². The second-order valence-electron chi connectivity index (χ2n) is 5.26. The van der Waals surface area contributed by atoms with Crippen molar-refractivity contribution in [1.82, 2.24) is 0 Å². The second kappa shape index (κ2) is 6.75. The maximum atomic E-state index is 9.07. The summed E-state index contributed by atoms with van der Waals surface area (Å²) in [5.41, 5.74) is 9.36. The molecule has 110 valence electrons. The van der Waals surface area contributed by atoms with E-state index in [0.717, 1.165) is 12.1 Å². The molecule has 4 heteroatoms. The summed E-state index contributed by atoms with van der Waals surface area (Å²) in [5, 5.41) is 11.2. The van der Waals surface area contributed by atoms with Gasteiger partial charge in [0.1, 0.15) is 0 Å². The number of hydrogen-bond donors (Lipinski definition) is 1. The summed E-state index contributed by atoms with van der Waals surface area (Å²) < 4.78 is 0. The van der Waals surface area contributed by atoms with Gasteiger partial charge in [-0.1, -0.05) is 13.0 Å². The molecule has 2 atom stereocenters. The highest BCUT2D eigenvalue weighted by atomic mass is 32.1. The van der Waals surface area contributed by atoms with Gasteiger partial charge in [-0.25, -0.2) is 0 Å². The molecule has 1 aromatic carbocycles. The summed E-state index contributed by atoms with van der Waals surface area (Å²) in [6, 6.07) is 12.2. The maximum Gasteiger partial charge on any atom is 0.0992 e. The quantitative estimate of drug-likeness (QED) is 0.912. The Hall–Kier alpha value is -1.83. The largest absolute Gasteiger partial charge is 0.365 e. The summed E-state index contributed by atoms with van der Waals surface area (Å²) >= 11 is 1.75. The molecule has 21 heavy (non-hydrogen) atoms. The normalized spacial score (nSPS) is 13.5. The van der Waals surface area contributed by atoms with Crippen LogP contribution in [-0.4, -0.2) is 13.1 Å². The van der Waals surface area contributed by atoms with Crippen molar-refractivity contribution in [1.29, 1.82) is 5.26 Å². The zero-order chi connectivity index (χ0) is 15.4. The van der Waals surface area contributed by atoms with E-state index in [9.17, 15) is 0 Å². The lowest BCUT2D eigenvalue weighted by Gasteiger charge is -2.34. The molecule has 1 aromatic heterocycles. The third-order valence-corrected chi connectivity index (χ3v) is 4.94. The van der Waals surface area contributed by atoms with Gasteiger partial charge >= 0.3 is 0 Å². The lowest BCUT2D eigenvalue weighted by Crippen LogP contribution is -2.38. The molecule has 0 amide bonds. The number of aryl methyl sites for hydroxylation is 1. The first-order chi connectivity index (χ1) is 10.1. The summed E-state index contributed by atoms with van der Waals surface area (Å²) in [5.74, 6) is 0. The molecular formula is C17H21N3S. The average molecular weight is 299 g/mol. The molecule has 0 saturated heterocycles. The van der Waals surface area contributed by atoms with Crippen molar-refractivity contribution in [2.45, 2.75) is 32.4 Å². The first-order valence-electron chi connectivity index (χ1n) is 7.11. The number of rotatable bonds is 5. The van der Waals surface area contributed by atoms with Gasteiger partial charge in [-0.3, -0.25) is 0 Å². The highest BCUT2D eigenvalue weighted by Crippen LogP contribution is 2.34. The Bertz CT molecular complexity index is 641. The first kappa shape index (κ1) is 15.6. The molecule has 0 aliphatic rings. The van der Waals surface area contributed by atoms with Crippen LogP contribution in [0.3, 0.4) is 0 Å². The van der Waals surface area contributed by atoms with Gasteiger partial charge in [0, 0.05) is 23.7 Å². The van der Waals surface area contributed by atoms with Crippen LogP contribution in [0.25, 0.3) is 0 Å². The summed E-state index contributed by atoms with van der Waals surface area (Å²) in [6.45, 7) is 4.24. The number of nitriles is 1. The van der Waals surface area contributed by atoms with Gasteiger partial charge in [0.25, 0.3) is 0 Å². The Morgan fingerprint density at radius 3 is 2.71 bits per heavy atom. The van der Waals surface area contributed by atoms with E-state index in [1.165, 1.54) is 10.4 Å². The molecule has 0 aliphatic carbocycles. The van der Waals surface area contributed by atoms with Crippen molar-refractivity contribution in [3.63, 3.8) is 0 Å². The Labute approximate surface area is 130 Å². The van der Waals surface area contributed by atoms with Crippen molar-refractivity contribution in [2.24, 2.45) is 5.73 Å². The van der Waals surface area contributed by atoms with E-state index in [4.69, 9.17) is 11.0 Å². The van der Waals surface area contributed by atoms with E-state index in [1.54, 1.807) is 11.3 Å². The zero-order valence-electron chi connectivity index (χ0n) is 12.7. The van der Waals surface area contributed by atoms with E-state index in [0.29, 0.717) is 5.56 Å². The second-order valence-corrected chi connectivity index (χ2v) is 6.21. The molecule has 3 nitrogen and oxygen atoms in total. The molecule has 2 rings (SSSR count). The van der Waals surface area contributed by atoms with Crippen LogP contribution in [0.4, 0.5) is 5.69 Å². The van der Waals surface area contributed by atoms with Crippen LogP contribution >= 0.6 is 11.3 Å². The molecule has 0 fully saturated rings. The van der Waals surface area contributed by atoms with Crippen molar-refractivity contribution in [2.75, 3.05) is 11.9 Å². The first-order valence-corrected chi connectivity index (χ1v) is 7.99. The highest BCUT2D eigenvalue weighted by Gasteiger charge is 2.26. The number of benzene rings is 1. The van der Waals surface area contributed by atoms with E-state index < -0.39 is 0 Å². The molecular weight excluding hydrogens is 278 g/mol. The predicted molar refractivity (Wildman–Crippen MR) is 89.6 cm³/mol. The van der Waals surface area contributed by atoms with Crippen LogP contribution in [-0.2, 0) is 0 Å². The zero-order valence-corrected chi connectivity index (χ0v) is 13.5.